The fourth-order valence-electron chi connectivity index (χ4n) is 2.03. The molecule has 134 valence electrons. The SMILES string of the molecule is COc1ccc(-c2nnc(SCC(=O)OCc3ccc(F)cc3)o2)cc1. The van der Waals surface area contributed by atoms with Crippen molar-refractivity contribution in [3.63, 3.8) is 0 Å². The number of hydrogen-bond donors (Lipinski definition) is 0. The molecule has 1 aromatic heterocycles. The Morgan fingerprint density at radius 1 is 1.12 bits per heavy atom. The molecule has 0 saturated carbocycles. The first-order valence-electron chi connectivity index (χ1n) is 7.65. The molecule has 26 heavy (non-hydrogen) atoms. The third-order valence-electron chi connectivity index (χ3n) is 3.37. The number of ether oxygens (including phenoxy) is 2. The van der Waals surface area contributed by atoms with Crippen LogP contribution in [0.1, 0.15) is 5.56 Å². The van der Waals surface area contributed by atoms with Crippen LogP contribution in [0.5, 0.6) is 5.75 Å². The highest BCUT2D eigenvalue weighted by atomic mass is 32.2. The van der Waals surface area contributed by atoms with Gasteiger partial charge in [0.2, 0.25) is 5.89 Å². The van der Waals surface area contributed by atoms with Crippen LogP contribution in [-0.4, -0.2) is 29.0 Å². The number of nitrogens with zero attached hydrogens (tertiary/aromatic N) is 2. The zero-order chi connectivity index (χ0) is 18.4. The quantitative estimate of drug-likeness (QED) is 0.461. The van der Waals surface area contributed by atoms with Crippen LogP contribution in [0.25, 0.3) is 11.5 Å². The lowest BCUT2D eigenvalue weighted by Gasteiger charge is -2.03. The van der Waals surface area contributed by atoms with E-state index < -0.39 is 5.97 Å². The van der Waals surface area contributed by atoms with E-state index >= 15 is 0 Å². The molecule has 0 fully saturated rings. The van der Waals surface area contributed by atoms with Gasteiger partial charge in [-0.15, -0.1) is 10.2 Å². The van der Waals surface area contributed by atoms with Gasteiger partial charge >= 0.3 is 5.97 Å². The van der Waals surface area contributed by atoms with Gasteiger partial charge in [0.05, 0.1) is 7.11 Å². The highest BCUT2D eigenvalue weighted by Gasteiger charge is 2.12. The molecule has 0 saturated heterocycles. The number of benzene rings is 2. The molecule has 0 unspecified atom stereocenters. The molecule has 0 spiro atoms. The number of carbonyl (C=O) groups excluding carboxylic acids is 1. The molecule has 0 bridgehead atoms. The summed E-state index contributed by atoms with van der Waals surface area (Å²) in [5.41, 5.74) is 1.47. The van der Waals surface area contributed by atoms with Crippen LogP contribution in [0, 0.1) is 5.82 Å². The Bertz CT molecular complexity index is 866. The zero-order valence-electron chi connectivity index (χ0n) is 13.8. The zero-order valence-corrected chi connectivity index (χ0v) is 14.7. The van der Waals surface area contributed by atoms with E-state index in [9.17, 15) is 9.18 Å². The molecule has 3 aromatic rings. The lowest BCUT2D eigenvalue weighted by Crippen LogP contribution is -2.07. The summed E-state index contributed by atoms with van der Waals surface area (Å²) in [7, 11) is 1.59. The lowest BCUT2D eigenvalue weighted by atomic mass is 10.2. The van der Waals surface area contributed by atoms with Crippen LogP contribution in [0.2, 0.25) is 0 Å². The van der Waals surface area contributed by atoms with E-state index in [1.165, 1.54) is 12.1 Å². The summed E-state index contributed by atoms with van der Waals surface area (Å²) in [5, 5.41) is 8.13. The van der Waals surface area contributed by atoms with E-state index in [4.69, 9.17) is 13.9 Å². The predicted molar refractivity (Wildman–Crippen MR) is 93.2 cm³/mol. The van der Waals surface area contributed by atoms with Gasteiger partial charge in [0.25, 0.3) is 5.22 Å². The Balaban J connectivity index is 1.49. The highest BCUT2D eigenvalue weighted by molar-refractivity contribution is 7.99. The van der Waals surface area contributed by atoms with E-state index in [2.05, 4.69) is 10.2 Å². The summed E-state index contributed by atoms with van der Waals surface area (Å²) in [5.74, 6) is 0.357. The maximum Gasteiger partial charge on any atom is 0.316 e. The smallest absolute Gasteiger partial charge is 0.316 e. The predicted octanol–water partition coefficient (Wildman–Crippen LogP) is 3.72. The van der Waals surface area contributed by atoms with E-state index in [0.29, 0.717) is 11.5 Å². The van der Waals surface area contributed by atoms with Gasteiger partial charge in [-0.3, -0.25) is 4.79 Å². The van der Waals surface area contributed by atoms with Crippen LogP contribution in [0.4, 0.5) is 4.39 Å². The number of rotatable bonds is 7. The number of carbonyl (C=O) groups is 1. The molecule has 3 rings (SSSR count). The molecule has 0 aliphatic heterocycles. The van der Waals surface area contributed by atoms with Gasteiger partial charge in [0.1, 0.15) is 23.9 Å². The van der Waals surface area contributed by atoms with Gasteiger partial charge < -0.3 is 13.9 Å². The number of halogens is 1. The molecule has 0 atom stereocenters. The molecule has 0 aliphatic rings. The number of thioether (sulfide) groups is 1. The monoisotopic (exact) mass is 374 g/mol. The molecular weight excluding hydrogens is 359 g/mol. The summed E-state index contributed by atoms with van der Waals surface area (Å²) >= 11 is 1.09. The first-order chi connectivity index (χ1) is 12.6. The topological polar surface area (TPSA) is 74.5 Å². The van der Waals surface area contributed by atoms with Crippen molar-refractivity contribution in [3.05, 3.63) is 59.9 Å². The fraction of sp³-hybridized carbons (Fsp3) is 0.167. The molecule has 0 radical (unpaired) electrons. The molecule has 0 amide bonds. The average molecular weight is 374 g/mol. The Labute approximate surface area is 153 Å². The van der Waals surface area contributed by atoms with E-state index in [1.54, 1.807) is 43.5 Å². The molecule has 0 N–H and O–H groups in total. The van der Waals surface area contributed by atoms with E-state index in [0.717, 1.165) is 23.1 Å². The summed E-state index contributed by atoms with van der Waals surface area (Å²) in [4.78, 5) is 11.8. The van der Waals surface area contributed by atoms with Crippen LogP contribution in [0.3, 0.4) is 0 Å². The Hall–Kier alpha value is -2.87. The number of esters is 1. The minimum absolute atomic E-state index is 0.0332. The Morgan fingerprint density at radius 3 is 2.54 bits per heavy atom. The van der Waals surface area contributed by atoms with Gasteiger partial charge in [-0.1, -0.05) is 23.9 Å². The van der Waals surface area contributed by atoms with Crippen molar-refractivity contribution < 1.29 is 23.1 Å². The van der Waals surface area contributed by atoms with Crippen molar-refractivity contribution >= 4 is 17.7 Å². The van der Waals surface area contributed by atoms with Gasteiger partial charge in [-0.2, -0.15) is 0 Å². The second-order valence-electron chi connectivity index (χ2n) is 5.18. The largest absolute Gasteiger partial charge is 0.497 e. The molecule has 1 heterocycles. The minimum Gasteiger partial charge on any atom is -0.497 e. The van der Waals surface area contributed by atoms with Crippen molar-refractivity contribution in [3.8, 4) is 17.2 Å². The lowest BCUT2D eigenvalue weighted by molar-refractivity contribution is -0.141. The number of methoxy groups -OCH3 is 1. The molecule has 2 aromatic carbocycles. The van der Waals surface area contributed by atoms with Gasteiger partial charge in [-0.05, 0) is 42.0 Å². The summed E-state index contributed by atoms with van der Waals surface area (Å²) in [6, 6.07) is 13.0. The Morgan fingerprint density at radius 2 is 1.85 bits per heavy atom. The van der Waals surface area contributed by atoms with Crippen LogP contribution in [-0.2, 0) is 16.1 Å². The molecule has 6 nitrogen and oxygen atoms in total. The average Bonchev–Trinajstić information content (AvgIpc) is 3.15. The summed E-state index contributed by atoms with van der Waals surface area (Å²) in [6.07, 6.45) is 0. The molecule has 8 heteroatoms. The maximum absolute atomic E-state index is 12.8. The number of hydrogen-bond acceptors (Lipinski definition) is 7. The van der Waals surface area contributed by atoms with Crippen LogP contribution < -0.4 is 4.74 Å². The molecule has 0 aliphatic carbocycles. The van der Waals surface area contributed by atoms with Gasteiger partial charge in [0, 0.05) is 5.56 Å². The highest BCUT2D eigenvalue weighted by Crippen LogP contribution is 2.24. The second kappa shape index (κ2) is 8.48. The Kier molecular flexibility index (Phi) is 5.85. The summed E-state index contributed by atoms with van der Waals surface area (Å²) in [6.45, 7) is 0.0839. The van der Waals surface area contributed by atoms with Crippen molar-refractivity contribution in [2.45, 2.75) is 11.8 Å². The van der Waals surface area contributed by atoms with Gasteiger partial charge in [0.15, 0.2) is 0 Å². The first-order valence-corrected chi connectivity index (χ1v) is 8.63. The van der Waals surface area contributed by atoms with E-state index in [1.807, 2.05) is 0 Å². The maximum atomic E-state index is 12.8. The van der Waals surface area contributed by atoms with Crippen molar-refractivity contribution in [2.24, 2.45) is 0 Å². The van der Waals surface area contributed by atoms with Crippen LogP contribution in [0.15, 0.2) is 58.2 Å². The third kappa shape index (κ3) is 4.82. The standard InChI is InChI=1S/C18H15FN2O4S/c1-23-15-8-4-13(5-9-15)17-20-21-18(25-17)26-11-16(22)24-10-12-2-6-14(19)7-3-12/h2-9H,10-11H2,1H3. The van der Waals surface area contributed by atoms with E-state index in [-0.39, 0.29) is 23.4 Å². The van der Waals surface area contributed by atoms with Crippen LogP contribution >= 0.6 is 11.8 Å². The molecular formula is C18H15FN2O4S. The van der Waals surface area contributed by atoms with Crippen molar-refractivity contribution in [2.75, 3.05) is 12.9 Å². The minimum atomic E-state index is -0.427. The van der Waals surface area contributed by atoms with Gasteiger partial charge in [-0.25, -0.2) is 4.39 Å². The normalized spacial score (nSPS) is 10.5. The number of aromatic nitrogens is 2. The second-order valence-corrected chi connectivity index (χ2v) is 6.10. The third-order valence-corrected chi connectivity index (χ3v) is 4.16. The fourth-order valence-corrected chi connectivity index (χ4v) is 2.59. The summed E-state index contributed by atoms with van der Waals surface area (Å²) < 4.78 is 28.6. The van der Waals surface area contributed by atoms with Crippen molar-refractivity contribution in [1.29, 1.82) is 0 Å². The van der Waals surface area contributed by atoms with Crippen molar-refractivity contribution in [1.82, 2.24) is 10.2 Å². The first kappa shape index (κ1) is 17.9.